The standard InChI is InChI=1S/C17H14Cl2F2N2O3/c18-12-8-22-9-13(19)14(12)15(10-6-7-10)25-17(20,21)26-23-16(24)11-4-2-1-3-5-11/h1-5,8-10,15H,6-7H2,(H,23,24). The zero-order valence-corrected chi connectivity index (χ0v) is 14.8. The maximum Gasteiger partial charge on any atom is 0.507 e. The van der Waals surface area contributed by atoms with E-state index in [1.165, 1.54) is 24.5 Å². The number of halogens is 4. The molecule has 0 bridgehead atoms. The molecular formula is C17H14Cl2F2N2O3. The Hall–Kier alpha value is -1.80. The third-order valence-electron chi connectivity index (χ3n) is 3.79. The van der Waals surface area contributed by atoms with E-state index in [4.69, 9.17) is 27.9 Å². The number of pyridine rings is 1. The lowest BCUT2D eigenvalue weighted by molar-refractivity contribution is -0.423. The van der Waals surface area contributed by atoms with Gasteiger partial charge in [0.15, 0.2) is 0 Å². The molecule has 1 aromatic carbocycles. The number of hydrogen-bond acceptors (Lipinski definition) is 4. The number of carbonyl (C=O) groups is 1. The highest BCUT2D eigenvalue weighted by Crippen LogP contribution is 2.49. The Morgan fingerprint density at radius 2 is 1.81 bits per heavy atom. The number of ether oxygens (including phenoxy) is 1. The fourth-order valence-electron chi connectivity index (χ4n) is 2.41. The number of nitrogens with one attached hydrogen (secondary N) is 1. The minimum Gasteiger partial charge on any atom is -0.286 e. The van der Waals surface area contributed by atoms with Gasteiger partial charge in [0.05, 0.1) is 16.1 Å². The van der Waals surface area contributed by atoms with Gasteiger partial charge in [-0.15, -0.1) is 8.78 Å². The molecule has 1 atom stereocenters. The van der Waals surface area contributed by atoms with Gasteiger partial charge >= 0.3 is 6.29 Å². The van der Waals surface area contributed by atoms with Crippen molar-refractivity contribution in [2.45, 2.75) is 25.2 Å². The lowest BCUT2D eigenvalue weighted by Crippen LogP contribution is -2.37. The number of amides is 1. The summed E-state index contributed by atoms with van der Waals surface area (Å²) in [6.45, 7) is 0. The van der Waals surface area contributed by atoms with Crippen LogP contribution in [-0.2, 0) is 9.57 Å². The predicted molar refractivity (Wildman–Crippen MR) is 90.7 cm³/mol. The summed E-state index contributed by atoms with van der Waals surface area (Å²) in [7, 11) is 0. The van der Waals surface area contributed by atoms with Gasteiger partial charge in [-0.25, -0.2) is 5.48 Å². The van der Waals surface area contributed by atoms with Crippen LogP contribution in [0.15, 0.2) is 42.7 Å². The number of benzene rings is 1. The summed E-state index contributed by atoms with van der Waals surface area (Å²) >= 11 is 12.1. The highest BCUT2D eigenvalue weighted by Gasteiger charge is 2.45. The Morgan fingerprint density at radius 1 is 1.19 bits per heavy atom. The molecule has 1 aliphatic rings. The molecule has 1 heterocycles. The average molecular weight is 403 g/mol. The van der Waals surface area contributed by atoms with E-state index in [0.717, 1.165) is 0 Å². The molecule has 26 heavy (non-hydrogen) atoms. The van der Waals surface area contributed by atoms with Crippen molar-refractivity contribution in [3.8, 4) is 0 Å². The van der Waals surface area contributed by atoms with Crippen LogP contribution in [0.3, 0.4) is 0 Å². The monoisotopic (exact) mass is 402 g/mol. The van der Waals surface area contributed by atoms with Gasteiger partial charge in [-0.2, -0.15) is 4.84 Å². The topological polar surface area (TPSA) is 60.5 Å². The van der Waals surface area contributed by atoms with Gasteiger partial charge in [0.2, 0.25) is 0 Å². The zero-order valence-electron chi connectivity index (χ0n) is 13.3. The molecule has 1 aromatic heterocycles. The van der Waals surface area contributed by atoms with Crippen molar-refractivity contribution >= 4 is 29.1 Å². The van der Waals surface area contributed by atoms with Crippen LogP contribution in [0.1, 0.15) is 34.9 Å². The molecule has 3 rings (SSSR count). The van der Waals surface area contributed by atoms with E-state index in [2.05, 4.69) is 9.82 Å². The van der Waals surface area contributed by atoms with E-state index in [0.29, 0.717) is 12.8 Å². The van der Waals surface area contributed by atoms with Crippen molar-refractivity contribution in [1.82, 2.24) is 10.5 Å². The van der Waals surface area contributed by atoms with Crippen molar-refractivity contribution in [3.05, 3.63) is 63.9 Å². The van der Waals surface area contributed by atoms with Gasteiger partial charge in [0, 0.05) is 23.5 Å². The van der Waals surface area contributed by atoms with E-state index >= 15 is 0 Å². The van der Waals surface area contributed by atoms with Crippen molar-refractivity contribution in [3.63, 3.8) is 0 Å². The molecule has 0 spiro atoms. The van der Waals surface area contributed by atoms with Gasteiger partial charge in [0.25, 0.3) is 5.91 Å². The SMILES string of the molecule is O=C(NOC(F)(F)OC(c1c(Cl)cncc1Cl)C1CC1)c1ccccc1. The van der Waals surface area contributed by atoms with Crippen molar-refractivity contribution in [2.75, 3.05) is 0 Å². The summed E-state index contributed by atoms with van der Waals surface area (Å²) in [6.07, 6.45) is -1.18. The molecular weight excluding hydrogens is 389 g/mol. The first kappa shape index (κ1) is 19.0. The van der Waals surface area contributed by atoms with Crippen molar-refractivity contribution in [1.29, 1.82) is 0 Å². The third kappa shape index (κ3) is 4.67. The van der Waals surface area contributed by atoms with Gasteiger partial charge in [-0.05, 0) is 30.9 Å². The van der Waals surface area contributed by atoms with Crippen LogP contribution in [0.4, 0.5) is 8.78 Å². The molecule has 9 heteroatoms. The van der Waals surface area contributed by atoms with Crippen LogP contribution in [0.2, 0.25) is 10.0 Å². The number of hydrogen-bond donors (Lipinski definition) is 1. The minimum atomic E-state index is -4.08. The van der Waals surface area contributed by atoms with Gasteiger partial charge in [-0.1, -0.05) is 41.4 Å². The summed E-state index contributed by atoms with van der Waals surface area (Å²) in [5.74, 6) is -0.997. The summed E-state index contributed by atoms with van der Waals surface area (Å²) in [5, 5.41) is 0.247. The molecule has 138 valence electrons. The number of carbonyl (C=O) groups excluding carboxylic acids is 1. The van der Waals surface area contributed by atoms with Crippen LogP contribution >= 0.6 is 23.2 Å². The van der Waals surface area contributed by atoms with E-state index < -0.39 is 18.3 Å². The highest BCUT2D eigenvalue weighted by molar-refractivity contribution is 6.35. The molecule has 0 saturated heterocycles. The number of aromatic nitrogens is 1. The molecule has 1 amide bonds. The molecule has 2 aromatic rings. The second kappa shape index (κ2) is 7.84. The van der Waals surface area contributed by atoms with Crippen LogP contribution in [0.25, 0.3) is 0 Å². The Morgan fingerprint density at radius 3 is 2.38 bits per heavy atom. The van der Waals surface area contributed by atoms with Gasteiger partial charge in [-0.3, -0.25) is 14.5 Å². The fraction of sp³-hybridized carbons (Fsp3) is 0.294. The molecule has 5 nitrogen and oxygen atoms in total. The maximum atomic E-state index is 14.1. The Labute approximate surface area is 158 Å². The minimum absolute atomic E-state index is 0.124. The lowest BCUT2D eigenvalue weighted by atomic mass is 10.1. The van der Waals surface area contributed by atoms with Crippen LogP contribution < -0.4 is 5.48 Å². The summed E-state index contributed by atoms with van der Waals surface area (Å²) in [5.41, 5.74) is 2.09. The van der Waals surface area contributed by atoms with Gasteiger partial charge < -0.3 is 0 Å². The molecule has 0 aliphatic heterocycles. The average Bonchev–Trinajstić information content (AvgIpc) is 3.44. The second-order valence-electron chi connectivity index (χ2n) is 5.76. The van der Waals surface area contributed by atoms with Crippen LogP contribution in [0.5, 0.6) is 0 Å². The maximum absolute atomic E-state index is 14.1. The smallest absolute Gasteiger partial charge is 0.286 e. The van der Waals surface area contributed by atoms with Crippen molar-refractivity contribution < 1.29 is 23.1 Å². The van der Waals surface area contributed by atoms with E-state index in [1.807, 2.05) is 0 Å². The molecule has 1 saturated carbocycles. The molecule has 1 unspecified atom stereocenters. The first-order valence-electron chi connectivity index (χ1n) is 7.75. The number of hydroxylamine groups is 1. The number of rotatable bonds is 7. The quantitative estimate of drug-likeness (QED) is 0.535. The summed E-state index contributed by atoms with van der Waals surface area (Å²) in [6, 6.07) is 7.81. The molecule has 1 fully saturated rings. The molecule has 1 N–H and O–H groups in total. The lowest BCUT2D eigenvalue weighted by Gasteiger charge is -2.24. The van der Waals surface area contributed by atoms with Crippen LogP contribution in [-0.4, -0.2) is 17.2 Å². The normalized spacial score (nSPS) is 15.5. The van der Waals surface area contributed by atoms with E-state index in [1.54, 1.807) is 23.7 Å². The Balaban J connectivity index is 1.69. The largest absolute Gasteiger partial charge is 0.507 e. The second-order valence-corrected chi connectivity index (χ2v) is 6.57. The fourth-order valence-corrected chi connectivity index (χ4v) is 2.99. The Bertz CT molecular complexity index is 769. The first-order chi connectivity index (χ1) is 12.4. The Kier molecular flexibility index (Phi) is 5.72. The third-order valence-corrected chi connectivity index (χ3v) is 4.39. The summed E-state index contributed by atoms with van der Waals surface area (Å²) in [4.78, 5) is 19.8. The zero-order chi connectivity index (χ0) is 18.7. The predicted octanol–water partition coefficient (Wildman–Crippen LogP) is 4.77. The number of alkyl halides is 2. The van der Waals surface area contributed by atoms with Gasteiger partial charge in [0.1, 0.15) is 0 Å². The van der Waals surface area contributed by atoms with E-state index in [-0.39, 0.29) is 27.1 Å². The van der Waals surface area contributed by atoms with Crippen LogP contribution in [0, 0.1) is 5.92 Å². The molecule has 1 aliphatic carbocycles. The van der Waals surface area contributed by atoms with E-state index in [9.17, 15) is 13.6 Å². The highest BCUT2D eigenvalue weighted by atomic mass is 35.5. The van der Waals surface area contributed by atoms with Crippen molar-refractivity contribution in [2.24, 2.45) is 5.92 Å². The molecule has 0 radical (unpaired) electrons. The first-order valence-corrected chi connectivity index (χ1v) is 8.51. The number of nitrogens with zero attached hydrogens (tertiary/aromatic N) is 1. The summed E-state index contributed by atoms with van der Waals surface area (Å²) < 4.78 is 33.1.